The molecule has 4 nitrogen and oxygen atoms in total. The Labute approximate surface area is 115 Å². The number of aromatic nitrogens is 1. The van der Waals surface area contributed by atoms with Crippen molar-refractivity contribution in [2.75, 3.05) is 13.1 Å². The zero-order valence-electron chi connectivity index (χ0n) is 11.9. The molecule has 1 saturated heterocycles. The maximum Gasteiger partial charge on any atom is 0.272 e. The largest absolute Gasteiger partial charge is 0.337 e. The first-order chi connectivity index (χ1) is 9.14. The van der Waals surface area contributed by atoms with Gasteiger partial charge in [-0.15, -0.1) is 0 Å². The van der Waals surface area contributed by atoms with Crippen molar-refractivity contribution in [3.8, 4) is 0 Å². The van der Waals surface area contributed by atoms with E-state index in [0.717, 1.165) is 37.9 Å². The van der Waals surface area contributed by atoms with E-state index in [1.54, 1.807) is 12.3 Å². The van der Waals surface area contributed by atoms with Gasteiger partial charge in [-0.25, -0.2) is 0 Å². The molecule has 2 N–H and O–H groups in total. The first-order valence-corrected chi connectivity index (χ1v) is 7.08. The van der Waals surface area contributed by atoms with Crippen LogP contribution in [0.15, 0.2) is 18.3 Å². The Kier molecular flexibility index (Phi) is 4.20. The van der Waals surface area contributed by atoms with Gasteiger partial charge in [-0.1, -0.05) is 19.9 Å². The van der Waals surface area contributed by atoms with Gasteiger partial charge in [-0.05, 0) is 36.3 Å². The fourth-order valence-electron chi connectivity index (χ4n) is 2.77. The molecule has 2 rings (SSSR count). The second-order valence-corrected chi connectivity index (χ2v) is 5.44. The highest BCUT2D eigenvalue weighted by Gasteiger charge is 2.37. The molecule has 0 bridgehead atoms. The van der Waals surface area contributed by atoms with Crippen LogP contribution in [-0.4, -0.2) is 28.9 Å². The van der Waals surface area contributed by atoms with Crippen LogP contribution in [0.5, 0.6) is 0 Å². The van der Waals surface area contributed by atoms with Crippen molar-refractivity contribution in [2.45, 2.75) is 39.7 Å². The SMILES string of the molecule is CCC1(CC)CCN(C(=O)c2ccc(CN)cn2)C1. The summed E-state index contributed by atoms with van der Waals surface area (Å²) >= 11 is 0. The van der Waals surface area contributed by atoms with Gasteiger partial charge in [0.15, 0.2) is 0 Å². The summed E-state index contributed by atoms with van der Waals surface area (Å²) in [6.07, 6.45) is 5.06. The van der Waals surface area contributed by atoms with Crippen LogP contribution in [0.4, 0.5) is 0 Å². The van der Waals surface area contributed by atoms with Crippen molar-refractivity contribution in [2.24, 2.45) is 11.1 Å². The van der Waals surface area contributed by atoms with Crippen molar-refractivity contribution in [3.63, 3.8) is 0 Å². The molecule has 1 amide bonds. The average molecular weight is 261 g/mol. The third-order valence-corrected chi connectivity index (χ3v) is 4.51. The van der Waals surface area contributed by atoms with Crippen LogP contribution in [0, 0.1) is 5.41 Å². The third-order valence-electron chi connectivity index (χ3n) is 4.51. The molecule has 0 unspecified atom stereocenters. The van der Waals surface area contributed by atoms with Gasteiger partial charge in [-0.2, -0.15) is 0 Å². The molecule has 0 spiro atoms. The molecular formula is C15H23N3O. The van der Waals surface area contributed by atoms with E-state index >= 15 is 0 Å². The van der Waals surface area contributed by atoms with Crippen LogP contribution in [-0.2, 0) is 6.54 Å². The predicted octanol–water partition coefficient (Wildman–Crippen LogP) is 2.19. The molecule has 1 aromatic heterocycles. The Morgan fingerprint density at radius 1 is 1.42 bits per heavy atom. The number of nitrogens with zero attached hydrogens (tertiary/aromatic N) is 2. The van der Waals surface area contributed by atoms with Crippen LogP contribution in [0.1, 0.15) is 49.2 Å². The quantitative estimate of drug-likeness (QED) is 0.904. The minimum Gasteiger partial charge on any atom is -0.337 e. The number of hydrogen-bond acceptors (Lipinski definition) is 3. The van der Waals surface area contributed by atoms with E-state index in [1.165, 1.54) is 0 Å². The van der Waals surface area contributed by atoms with Gasteiger partial charge in [0.25, 0.3) is 5.91 Å². The summed E-state index contributed by atoms with van der Waals surface area (Å²) in [5, 5.41) is 0. The lowest BCUT2D eigenvalue weighted by atomic mass is 9.82. The molecule has 0 atom stereocenters. The minimum absolute atomic E-state index is 0.0485. The molecule has 19 heavy (non-hydrogen) atoms. The van der Waals surface area contributed by atoms with E-state index in [1.807, 2.05) is 11.0 Å². The second kappa shape index (κ2) is 5.70. The summed E-state index contributed by atoms with van der Waals surface area (Å²) in [4.78, 5) is 18.6. The smallest absolute Gasteiger partial charge is 0.272 e. The van der Waals surface area contributed by atoms with Crippen LogP contribution >= 0.6 is 0 Å². The minimum atomic E-state index is 0.0485. The summed E-state index contributed by atoms with van der Waals surface area (Å²) in [7, 11) is 0. The third kappa shape index (κ3) is 2.78. The van der Waals surface area contributed by atoms with Gasteiger partial charge in [0.1, 0.15) is 5.69 Å². The van der Waals surface area contributed by atoms with Gasteiger partial charge >= 0.3 is 0 Å². The van der Waals surface area contributed by atoms with Crippen molar-refractivity contribution in [3.05, 3.63) is 29.6 Å². The normalized spacial score (nSPS) is 17.7. The Bertz CT molecular complexity index is 437. The summed E-state index contributed by atoms with van der Waals surface area (Å²) in [6, 6.07) is 3.66. The average Bonchev–Trinajstić information content (AvgIpc) is 2.92. The molecule has 0 aromatic carbocycles. The maximum atomic E-state index is 12.4. The second-order valence-electron chi connectivity index (χ2n) is 5.44. The number of carbonyl (C=O) groups excluding carboxylic acids is 1. The first-order valence-electron chi connectivity index (χ1n) is 7.08. The number of amides is 1. The molecule has 1 aromatic rings. The Hall–Kier alpha value is -1.42. The zero-order chi connectivity index (χ0) is 13.9. The van der Waals surface area contributed by atoms with Crippen LogP contribution in [0.3, 0.4) is 0 Å². The first kappa shape index (κ1) is 14.0. The van der Waals surface area contributed by atoms with E-state index in [2.05, 4.69) is 18.8 Å². The highest BCUT2D eigenvalue weighted by Crippen LogP contribution is 2.37. The zero-order valence-corrected chi connectivity index (χ0v) is 11.9. The van der Waals surface area contributed by atoms with Gasteiger partial charge in [0, 0.05) is 25.8 Å². The summed E-state index contributed by atoms with van der Waals surface area (Å²) in [6.45, 7) is 6.59. The van der Waals surface area contributed by atoms with E-state index in [0.29, 0.717) is 17.7 Å². The number of hydrogen-bond donors (Lipinski definition) is 1. The fraction of sp³-hybridized carbons (Fsp3) is 0.600. The predicted molar refractivity (Wildman–Crippen MR) is 75.7 cm³/mol. The van der Waals surface area contributed by atoms with Gasteiger partial charge in [0.05, 0.1) is 0 Å². The molecule has 0 aliphatic carbocycles. The van der Waals surface area contributed by atoms with Gasteiger partial charge < -0.3 is 10.6 Å². The lowest BCUT2D eigenvalue weighted by molar-refractivity contribution is 0.0764. The van der Waals surface area contributed by atoms with Crippen molar-refractivity contribution in [1.82, 2.24) is 9.88 Å². The number of likely N-dealkylation sites (tertiary alicyclic amines) is 1. The number of pyridine rings is 1. The monoisotopic (exact) mass is 261 g/mol. The molecule has 1 fully saturated rings. The summed E-state index contributed by atoms with van der Waals surface area (Å²) < 4.78 is 0. The van der Waals surface area contributed by atoms with Crippen LogP contribution < -0.4 is 5.73 Å². The van der Waals surface area contributed by atoms with E-state index in [4.69, 9.17) is 5.73 Å². The lowest BCUT2D eigenvalue weighted by Crippen LogP contribution is -2.32. The van der Waals surface area contributed by atoms with Crippen molar-refractivity contribution in [1.29, 1.82) is 0 Å². The Morgan fingerprint density at radius 2 is 2.16 bits per heavy atom. The number of rotatable bonds is 4. The molecule has 0 radical (unpaired) electrons. The highest BCUT2D eigenvalue weighted by atomic mass is 16.2. The molecule has 1 aliphatic rings. The van der Waals surface area contributed by atoms with E-state index < -0.39 is 0 Å². The Morgan fingerprint density at radius 3 is 2.63 bits per heavy atom. The van der Waals surface area contributed by atoms with Crippen LogP contribution in [0.2, 0.25) is 0 Å². The number of nitrogens with two attached hydrogens (primary N) is 1. The van der Waals surface area contributed by atoms with E-state index in [-0.39, 0.29) is 5.91 Å². The summed E-state index contributed by atoms with van der Waals surface area (Å²) in [5.41, 5.74) is 7.33. The molecule has 1 aliphatic heterocycles. The molecule has 104 valence electrons. The molecular weight excluding hydrogens is 238 g/mol. The standard InChI is InChI=1S/C15H23N3O/c1-3-15(4-2)7-8-18(11-15)14(19)13-6-5-12(9-16)10-17-13/h5-6,10H,3-4,7-9,11,16H2,1-2H3. The van der Waals surface area contributed by atoms with Crippen molar-refractivity contribution >= 4 is 5.91 Å². The van der Waals surface area contributed by atoms with Gasteiger partial charge in [-0.3, -0.25) is 9.78 Å². The Balaban J connectivity index is 2.08. The highest BCUT2D eigenvalue weighted by molar-refractivity contribution is 5.92. The topological polar surface area (TPSA) is 59.2 Å². The van der Waals surface area contributed by atoms with E-state index in [9.17, 15) is 4.79 Å². The number of carbonyl (C=O) groups is 1. The van der Waals surface area contributed by atoms with Crippen molar-refractivity contribution < 1.29 is 4.79 Å². The van der Waals surface area contributed by atoms with Crippen LogP contribution in [0.25, 0.3) is 0 Å². The van der Waals surface area contributed by atoms with Gasteiger partial charge in [0.2, 0.25) is 0 Å². The molecule has 0 saturated carbocycles. The molecule has 2 heterocycles. The lowest BCUT2D eigenvalue weighted by Gasteiger charge is -2.26. The summed E-state index contributed by atoms with van der Waals surface area (Å²) in [5.74, 6) is 0.0485. The fourth-order valence-corrected chi connectivity index (χ4v) is 2.77. The molecule has 4 heteroatoms. The maximum absolute atomic E-state index is 12.4.